The molecule has 0 spiro atoms. The van der Waals surface area contributed by atoms with Crippen LogP contribution in [0.2, 0.25) is 0 Å². The van der Waals surface area contributed by atoms with Gasteiger partial charge in [-0.3, -0.25) is 4.79 Å². The van der Waals surface area contributed by atoms with Gasteiger partial charge in [0.05, 0.1) is 4.90 Å². The van der Waals surface area contributed by atoms with Gasteiger partial charge < -0.3 is 9.42 Å². The van der Waals surface area contributed by atoms with Crippen molar-refractivity contribution in [3.05, 3.63) is 51.5 Å². The summed E-state index contributed by atoms with van der Waals surface area (Å²) in [5.74, 6) is 0.831. The Balaban J connectivity index is 1.42. The van der Waals surface area contributed by atoms with Gasteiger partial charge in [-0.15, -0.1) is 11.3 Å². The number of aromatic nitrogens is 2. The SMILES string of the molecule is Cc1noc(-c2ccc(C(=O)N3CCN(S(=O)(=O)c4cc(C)sc4C)CC3)cc2)n1. The van der Waals surface area contributed by atoms with Crippen molar-refractivity contribution in [2.45, 2.75) is 25.7 Å². The first-order valence-corrected chi connectivity index (χ1v) is 11.8. The summed E-state index contributed by atoms with van der Waals surface area (Å²) in [5, 5.41) is 3.77. The van der Waals surface area contributed by atoms with Gasteiger partial charge in [0.2, 0.25) is 10.0 Å². The van der Waals surface area contributed by atoms with Crippen LogP contribution in [0.1, 0.15) is 25.9 Å². The topological polar surface area (TPSA) is 96.6 Å². The molecule has 0 atom stereocenters. The number of piperazine rings is 1. The predicted octanol–water partition coefficient (Wildman–Crippen LogP) is 2.87. The Morgan fingerprint density at radius 3 is 2.27 bits per heavy atom. The zero-order valence-corrected chi connectivity index (χ0v) is 18.6. The highest BCUT2D eigenvalue weighted by molar-refractivity contribution is 7.89. The Hall–Kier alpha value is -2.56. The highest BCUT2D eigenvalue weighted by Crippen LogP contribution is 2.28. The van der Waals surface area contributed by atoms with Crippen molar-refractivity contribution in [2.75, 3.05) is 26.2 Å². The minimum absolute atomic E-state index is 0.122. The van der Waals surface area contributed by atoms with E-state index in [2.05, 4.69) is 10.1 Å². The predicted molar refractivity (Wildman–Crippen MR) is 113 cm³/mol. The minimum atomic E-state index is -3.54. The Bertz CT molecular complexity index is 1170. The molecule has 10 heteroatoms. The van der Waals surface area contributed by atoms with Crippen LogP contribution >= 0.6 is 11.3 Å². The molecule has 158 valence electrons. The van der Waals surface area contributed by atoms with Crippen molar-refractivity contribution < 1.29 is 17.7 Å². The number of hydrogen-bond donors (Lipinski definition) is 0. The highest BCUT2D eigenvalue weighted by Gasteiger charge is 2.32. The second kappa shape index (κ2) is 7.93. The quantitative estimate of drug-likeness (QED) is 0.611. The number of thiophene rings is 1. The summed E-state index contributed by atoms with van der Waals surface area (Å²) in [4.78, 5) is 20.8. The van der Waals surface area contributed by atoms with E-state index in [9.17, 15) is 13.2 Å². The van der Waals surface area contributed by atoms with Gasteiger partial charge >= 0.3 is 0 Å². The van der Waals surface area contributed by atoms with Crippen LogP contribution in [0.4, 0.5) is 0 Å². The first kappa shape index (κ1) is 20.7. The fourth-order valence-electron chi connectivity index (χ4n) is 3.49. The van der Waals surface area contributed by atoms with E-state index in [0.717, 1.165) is 15.3 Å². The molecule has 1 aliphatic rings. The summed E-state index contributed by atoms with van der Waals surface area (Å²) < 4.78 is 32.5. The van der Waals surface area contributed by atoms with Crippen LogP contribution in [-0.2, 0) is 10.0 Å². The molecule has 0 bridgehead atoms. The van der Waals surface area contributed by atoms with E-state index in [4.69, 9.17) is 4.52 Å². The lowest BCUT2D eigenvalue weighted by molar-refractivity contribution is 0.0698. The van der Waals surface area contributed by atoms with Crippen LogP contribution in [0.3, 0.4) is 0 Å². The summed E-state index contributed by atoms with van der Waals surface area (Å²) in [6.07, 6.45) is 0. The van der Waals surface area contributed by atoms with Gasteiger partial charge in [0.1, 0.15) is 0 Å². The van der Waals surface area contributed by atoms with Gasteiger partial charge in [-0.1, -0.05) is 5.16 Å². The molecule has 1 amide bonds. The van der Waals surface area contributed by atoms with E-state index in [1.54, 1.807) is 42.2 Å². The minimum Gasteiger partial charge on any atom is -0.336 e. The fourth-order valence-corrected chi connectivity index (χ4v) is 6.43. The van der Waals surface area contributed by atoms with Gasteiger partial charge in [-0.05, 0) is 51.1 Å². The number of carbonyl (C=O) groups is 1. The standard InChI is InChI=1S/C20H22N4O4S2/c1-13-12-18(14(2)29-13)30(26,27)24-10-8-23(9-11-24)20(25)17-6-4-16(5-7-17)19-21-15(3)22-28-19/h4-7,12H,8-11H2,1-3H3. The van der Waals surface area contributed by atoms with Gasteiger partial charge in [-0.25, -0.2) is 8.42 Å². The molecule has 0 N–H and O–H groups in total. The maximum absolute atomic E-state index is 13.0. The number of nitrogens with zero attached hydrogens (tertiary/aromatic N) is 4. The summed E-state index contributed by atoms with van der Waals surface area (Å²) in [6, 6.07) is 8.69. The van der Waals surface area contributed by atoms with E-state index in [0.29, 0.717) is 35.3 Å². The van der Waals surface area contributed by atoms with Crippen LogP contribution in [0.25, 0.3) is 11.5 Å². The molecule has 1 aliphatic heterocycles. The molecule has 0 saturated carbocycles. The molecule has 0 aliphatic carbocycles. The Morgan fingerprint density at radius 2 is 1.73 bits per heavy atom. The second-order valence-electron chi connectivity index (χ2n) is 7.20. The Morgan fingerprint density at radius 1 is 1.07 bits per heavy atom. The first-order chi connectivity index (χ1) is 14.3. The van der Waals surface area contributed by atoms with Crippen LogP contribution in [-0.4, -0.2) is 59.8 Å². The Labute approximate surface area is 179 Å². The zero-order chi connectivity index (χ0) is 21.5. The fraction of sp³-hybridized carbons (Fsp3) is 0.350. The molecule has 30 heavy (non-hydrogen) atoms. The number of amides is 1. The largest absolute Gasteiger partial charge is 0.336 e. The number of sulfonamides is 1. The molecule has 4 rings (SSSR count). The molecule has 3 aromatic rings. The molecular weight excluding hydrogens is 424 g/mol. The molecular formula is C20H22N4O4S2. The lowest BCUT2D eigenvalue weighted by Gasteiger charge is -2.34. The van der Waals surface area contributed by atoms with Crippen molar-refractivity contribution in [3.8, 4) is 11.5 Å². The number of aryl methyl sites for hydroxylation is 3. The third-order valence-corrected chi connectivity index (χ3v) is 8.17. The summed E-state index contributed by atoms with van der Waals surface area (Å²) in [6.45, 7) is 6.73. The molecule has 0 unspecified atom stereocenters. The maximum atomic E-state index is 13.0. The van der Waals surface area contributed by atoms with Gasteiger partial charge in [-0.2, -0.15) is 9.29 Å². The highest BCUT2D eigenvalue weighted by atomic mass is 32.2. The summed E-state index contributed by atoms with van der Waals surface area (Å²) in [5.41, 5.74) is 1.28. The molecule has 1 saturated heterocycles. The van der Waals surface area contributed by atoms with Gasteiger partial charge in [0.15, 0.2) is 5.82 Å². The average molecular weight is 447 g/mol. The molecule has 3 heterocycles. The normalized spacial score (nSPS) is 15.5. The summed E-state index contributed by atoms with van der Waals surface area (Å²) >= 11 is 1.48. The lowest BCUT2D eigenvalue weighted by Crippen LogP contribution is -2.50. The third-order valence-electron chi connectivity index (χ3n) is 5.05. The van der Waals surface area contributed by atoms with Crippen molar-refractivity contribution in [1.29, 1.82) is 0 Å². The molecule has 2 aromatic heterocycles. The van der Waals surface area contributed by atoms with Crippen LogP contribution < -0.4 is 0 Å². The molecule has 1 aromatic carbocycles. The van der Waals surface area contributed by atoms with Crippen molar-refractivity contribution >= 4 is 27.3 Å². The number of carbonyl (C=O) groups excluding carboxylic acids is 1. The van der Waals surface area contributed by atoms with E-state index in [1.807, 2.05) is 13.8 Å². The van der Waals surface area contributed by atoms with Crippen molar-refractivity contribution in [2.24, 2.45) is 0 Å². The zero-order valence-electron chi connectivity index (χ0n) is 17.0. The Kier molecular flexibility index (Phi) is 5.48. The van der Waals surface area contributed by atoms with Crippen LogP contribution in [0.5, 0.6) is 0 Å². The smallest absolute Gasteiger partial charge is 0.257 e. The number of benzene rings is 1. The second-order valence-corrected chi connectivity index (χ2v) is 10.6. The monoisotopic (exact) mass is 446 g/mol. The van der Waals surface area contributed by atoms with Crippen LogP contribution in [0, 0.1) is 20.8 Å². The van der Waals surface area contributed by atoms with Crippen LogP contribution in [0.15, 0.2) is 39.8 Å². The number of rotatable bonds is 4. The van der Waals surface area contributed by atoms with E-state index in [-0.39, 0.29) is 19.0 Å². The molecule has 8 nitrogen and oxygen atoms in total. The van der Waals surface area contributed by atoms with Crippen molar-refractivity contribution in [1.82, 2.24) is 19.3 Å². The van der Waals surface area contributed by atoms with Crippen molar-refractivity contribution in [3.63, 3.8) is 0 Å². The molecule has 1 fully saturated rings. The summed E-state index contributed by atoms with van der Waals surface area (Å²) in [7, 11) is -3.54. The van der Waals surface area contributed by atoms with E-state index in [1.165, 1.54) is 15.6 Å². The maximum Gasteiger partial charge on any atom is 0.257 e. The van der Waals surface area contributed by atoms with E-state index < -0.39 is 10.0 Å². The van der Waals surface area contributed by atoms with Gasteiger partial charge in [0, 0.05) is 47.1 Å². The third kappa shape index (κ3) is 3.90. The van der Waals surface area contributed by atoms with Gasteiger partial charge in [0.25, 0.3) is 11.8 Å². The average Bonchev–Trinajstić information content (AvgIpc) is 3.32. The first-order valence-electron chi connectivity index (χ1n) is 9.53. The van der Waals surface area contributed by atoms with E-state index >= 15 is 0 Å². The number of hydrogen-bond acceptors (Lipinski definition) is 7. The lowest BCUT2D eigenvalue weighted by atomic mass is 10.1. The molecule has 0 radical (unpaired) electrons.